The molecule has 3 aromatic carbocycles. The Labute approximate surface area is 212 Å². The fourth-order valence-electron chi connectivity index (χ4n) is 3.79. The lowest BCUT2D eigenvalue weighted by Gasteiger charge is -2.19. The van der Waals surface area contributed by atoms with Crippen LogP contribution in [0.3, 0.4) is 0 Å². The van der Waals surface area contributed by atoms with E-state index in [1.165, 1.54) is 12.1 Å². The third-order valence-corrected chi connectivity index (χ3v) is 5.45. The van der Waals surface area contributed by atoms with Gasteiger partial charge in [-0.2, -0.15) is 18.2 Å². The second kappa shape index (κ2) is 10.1. The van der Waals surface area contributed by atoms with Gasteiger partial charge in [0, 0.05) is 17.7 Å². The molecule has 192 valence electrons. The van der Waals surface area contributed by atoms with E-state index in [2.05, 4.69) is 15.5 Å². The quantitative estimate of drug-likeness (QED) is 0.303. The number of ether oxygens (including phenoxy) is 1. The predicted octanol–water partition coefficient (Wildman–Crippen LogP) is 7.42. The van der Waals surface area contributed by atoms with Crippen LogP contribution in [-0.2, 0) is 17.5 Å². The minimum Gasteiger partial charge on any atom is -0.444 e. The molecule has 4 aromatic rings. The van der Waals surface area contributed by atoms with E-state index in [4.69, 9.17) is 9.26 Å². The minimum absolute atomic E-state index is 0.0332. The van der Waals surface area contributed by atoms with Crippen LogP contribution in [0.25, 0.3) is 34.0 Å². The summed E-state index contributed by atoms with van der Waals surface area (Å²) in [4.78, 5) is 16.2. The Morgan fingerprint density at radius 1 is 0.946 bits per heavy atom. The summed E-state index contributed by atoms with van der Waals surface area (Å²) < 4.78 is 52.5. The normalized spacial score (nSPS) is 11.9. The number of hydrogen-bond donors (Lipinski definition) is 1. The van der Waals surface area contributed by atoms with E-state index in [1.54, 1.807) is 70.2 Å². The van der Waals surface area contributed by atoms with Gasteiger partial charge < -0.3 is 14.6 Å². The van der Waals surface area contributed by atoms with Crippen molar-refractivity contribution in [1.82, 2.24) is 15.5 Å². The van der Waals surface area contributed by atoms with E-state index in [9.17, 15) is 18.0 Å². The van der Waals surface area contributed by atoms with E-state index in [0.717, 1.165) is 17.2 Å². The van der Waals surface area contributed by atoms with Crippen LogP contribution in [-0.4, -0.2) is 21.8 Å². The van der Waals surface area contributed by atoms with Crippen molar-refractivity contribution in [2.45, 2.75) is 46.0 Å². The fraction of sp³-hybridized carbons (Fsp3) is 0.250. The summed E-state index contributed by atoms with van der Waals surface area (Å²) >= 11 is 0. The molecule has 37 heavy (non-hydrogen) atoms. The highest BCUT2D eigenvalue weighted by atomic mass is 19.4. The number of hydrogen-bond acceptors (Lipinski definition) is 5. The van der Waals surface area contributed by atoms with Crippen molar-refractivity contribution < 1.29 is 27.2 Å². The van der Waals surface area contributed by atoms with Gasteiger partial charge in [-0.25, -0.2) is 4.79 Å². The second-order valence-corrected chi connectivity index (χ2v) is 9.55. The van der Waals surface area contributed by atoms with Gasteiger partial charge in [0.2, 0.25) is 5.82 Å². The molecule has 0 saturated heterocycles. The summed E-state index contributed by atoms with van der Waals surface area (Å²) in [6.07, 6.45) is -5.12. The highest BCUT2D eigenvalue weighted by molar-refractivity contribution is 5.74. The van der Waals surface area contributed by atoms with Crippen LogP contribution in [0, 0.1) is 6.92 Å². The number of alkyl carbamates (subject to hydrolysis) is 1. The maximum absolute atomic E-state index is 14.0. The van der Waals surface area contributed by atoms with Gasteiger partial charge in [0.1, 0.15) is 5.60 Å². The highest BCUT2D eigenvalue weighted by Gasteiger charge is 2.34. The summed E-state index contributed by atoms with van der Waals surface area (Å²) in [7, 11) is 0. The Balaban J connectivity index is 1.59. The number of carbonyl (C=O) groups is 1. The molecule has 1 aromatic heterocycles. The van der Waals surface area contributed by atoms with Gasteiger partial charge in [-0.3, -0.25) is 0 Å². The molecular weight excluding hydrogens is 483 g/mol. The van der Waals surface area contributed by atoms with E-state index in [1.807, 2.05) is 6.07 Å². The monoisotopic (exact) mass is 509 g/mol. The molecular formula is C28H26F3N3O3. The third kappa shape index (κ3) is 6.35. The van der Waals surface area contributed by atoms with Crippen LogP contribution in [0.4, 0.5) is 18.0 Å². The Morgan fingerprint density at radius 3 is 2.41 bits per heavy atom. The molecule has 9 heteroatoms. The number of carbonyl (C=O) groups excluding carboxylic acids is 1. The highest BCUT2D eigenvalue weighted by Crippen LogP contribution is 2.40. The number of amides is 1. The van der Waals surface area contributed by atoms with Gasteiger partial charge in [0.05, 0.1) is 5.56 Å². The molecule has 0 radical (unpaired) electrons. The lowest BCUT2D eigenvalue weighted by atomic mass is 9.94. The zero-order valence-corrected chi connectivity index (χ0v) is 20.8. The zero-order valence-electron chi connectivity index (χ0n) is 20.8. The summed E-state index contributed by atoms with van der Waals surface area (Å²) in [5.41, 5.74) is 1.44. The van der Waals surface area contributed by atoms with Crippen molar-refractivity contribution in [2.75, 3.05) is 0 Å². The van der Waals surface area contributed by atoms with Crippen molar-refractivity contribution in [3.8, 4) is 34.0 Å². The topological polar surface area (TPSA) is 77.2 Å². The van der Waals surface area contributed by atoms with Crippen molar-refractivity contribution in [1.29, 1.82) is 0 Å². The van der Waals surface area contributed by atoms with Gasteiger partial charge in [-0.05, 0) is 68.1 Å². The van der Waals surface area contributed by atoms with Gasteiger partial charge in [-0.1, -0.05) is 53.7 Å². The largest absolute Gasteiger partial charge is 0.444 e. The third-order valence-electron chi connectivity index (χ3n) is 5.45. The molecule has 0 aliphatic rings. The molecule has 0 aliphatic heterocycles. The average Bonchev–Trinajstić information content (AvgIpc) is 3.32. The van der Waals surface area contributed by atoms with E-state index < -0.39 is 23.4 Å². The molecule has 0 atom stereocenters. The summed E-state index contributed by atoms with van der Waals surface area (Å²) in [6.45, 7) is 7.30. The van der Waals surface area contributed by atoms with Crippen LogP contribution >= 0.6 is 0 Å². The van der Waals surface area contributed by atoms with Crippen molar-refractivity contribution in [3.63, 3.8) is 0 Å². The molecule has 0 unspecified atom stereocenters. The second-order valence-electron chi connectivity index (χ2n) is 9.55. The smallest absolute Gasteiger partial charge is 0.417 e. The summed E-state index contributed by atoms with van der Waals surface area (Å²) in [6, 6.07) is 18.0. The molecule has 0 spiro atoms. The summed E-state index contributed by atoms with van der Waals surface area (Å²) in [5.74, 6) is 0.180. The molecule has 0 saturated carbocycles. The van der Waals surface area contributed by atoms with Gasteiger partial charge >= 0.3 is 12.3 Å². The van der Waals surface area contributed by atoms with Crippen LogP contribution in [0.15, 0.2) is 71.3 Å². The number of halogens is 3. The lowest BCUT2D eigenvalue weighted by molar-refractivity contribution is -0.137. The van der Waals surface area contributed by atoms with E-state index in [-0.39, 0.29) is 29.4 Å². The maximum atomic E-state index is 14.0. The maximum Gasteiger partial charge on any atom is 0.417 e. The van der Waals surface area contributed by atoms with Crippen molar-refractivity contribution >= 4 is 6.09 Å². The van der Waals surface area contributed by atoms with Crippen molar-refractivity contribution in [3.05, 3.63) is 83.4 Å². The molecule has 0 fully saturated rings. The Hall–Kier alpha value is -4.14. The zero-order chi connectivity index (χ0) is 26.8. The number of alkyl halides is 3. The first-order chi connectivity index (χ1) is 17.4. The number of nitrogens with zero attached hydrogens (tertiary/aromatic N) is 2. The number of aromatic nitrogens is 2. The molecule has 4 rings (SSSR count). The number of nitrogens with one attached hydrogen (secondary N) is 1. The molecule has 1 N–H and O–H groups in total. The van der Waals surface area contributed by atoms with Crippen LogP contribution < -0.4 is 5.32 Å². The fourth-order valence-corrected chi connectivity index (χ4v) is 3.79. The van der Waals surface area contributed by atoms with Crippen LogP contribution in [0.2, 0.25) is 0 Å². The Morgan fingerprint density at radius 2 is 1.70 bits per heavy atom. The number of benzene rings is 3. The summed E-state index contributed by atoms with van der Waals surface area (Å²) in [5, 5.41) is 6.63. The first-order valence-electron chi connectivity index (χ1n) is 11.6. The van der Waals surface area contributed by atoms with Gasteiger partial charge in [0.25, 0.3) is 5.89 Å². The molecule has 6 nitrogen and oxygen atoms in total. The average molecular weight is 510 g/mol. The standard InChI is InChI=1S/C28H26F3N3O3/c1-17-8-5-6-11-21(17)22-13-12-20(15-23(22)28(29,30)31)25-33-24(34-37-25)19-10-7-9-18(14-19)16-32-26(35)36-27(2,3)4/h5-15H,16H2,1-4H3,(H,32,35). The Bertz CT molecular complexity index is 1420. The number of rotatable bonds is 5. The molecule has 0 aliphatic carbocycles. The predicted molar refractivity (Wildman–Crippen MR) is 133 cm³/mol. The van der Waals surface area contributed by atoms with Crippen LogP contribution in [0.5, 0.6) is 0 Å². The lowest BCUT2D eigenvalue weighted by Crippen LogP contribution is -2.32. The van der Waals surface area contributed by atoms with Crippen LogP contribution in [0.1, 0.15) is 37.5 Å². The van der Waals surface area contributed by atoms with Crippen molar-refractivity contribution in [2.24, 2.45) is 0 Å². The minimum atomic E-state index is -4.58. The van der Waals surface area contributed by atoms with E-state index >= 15 is 0 Å². The molecule has 1 heterocycles. The first kappa shape index (κ1) is 25.9. The Kier molecular flexibility index (Phi) is 7.07. The SMILES string of the molecule is Cc1ccccc1-c1ccc(-c2nc(-c3cccc(CNC(=O)OC(C)(C)C)c3)no2)cc1C(F)(F)F. The number of aryl methyl sites for hydroxylation is 1. The molecule has 0 bridgehead atoms. The van der Waals surface area contributed by atoms with Gasteiger partial charge in [0.15, 0.2) is 0 Å². The molecule has 1 amide bonds. The first-order valence-corrected chi connectivity index (χ1v) is 11.6. The van der Waals surface area contributed by atoms with E-state index in [0.29, 0.717) is 11.1 Å². The van der Waals surface area contributed by atoms with Gasteiger partial charge in [-0.15, -0.1) is 0 Å².